The van der Waals surface area contributed by atoms with E-state index in [2.05, 4.69) is 44.4 Å². The van der Waals surface area contributed by atoms with Crippen molar-refractivity contribution < 1.29 is 0 Å². The zero-order valence-corrected chi connectivity index (χ0v) is 13.5. The molecule has 2 N–H and O–H groups in total. The molecule has 0 bridgehead atoms. The summed E-state index contributed by atoms with van der Waals surface area (Å²) in [6.07, 6.45) is 3.02. The van der Waals surface area contributed by atoms with E-state index in [0.29, 0.717) is 6.04 Å². The zero-order chi connectivity index (χ0) is 14.7. The Morgan fingerprint density at radius 1 is 1.33 bits per heavy atom. The van der Waals surface area contributed by atoms with Gasteiger partial charge >= 0.3 is 0 Å². The summed E-state index contributed by atoms with van der Waals surface area (Å²) >= 11 is 1.75. The average Bonchev–Trinajstić information content (AvgIpc) is 2.82. The van der Waals surface area contributed by atoms with Crippen LogP contribution in [0.15, 0.2) is 16.8 Å². The van der Waals surface area contributed by atoms with Crippen LogP contribution in [0.2, 0.25) is 0 Å². The molecular weight excluding hydrogens is 280 g/mol. The summed E-state index contributed by atoms with van der Waals surface area (Å²) in [6, 6.07) is 2.56. The van der Waals surface area contributed by atoms with Crippen LogP contribution in [0.3, 0.4) is 0 Å². The minimum Gasteiger partial charge on any atom is -0.367 e. The molecule has 112 valence electrons. The van der Waals surface area contributed by atoms with Crippen LogP contribution in [0.25, 0.3) is 0 Å². The van der Waals surface area contributed by atoms with Crippen molar-refractivity contribution in [3.63, 3.8) is 0 Å². The highest BCUT2D eigenvalue weighted by atomic mass is 32.1. The highest BCUT2D eigenvalue weighted by Crippen LogP contribution is 2.21. The molecule has 0 saturated heterocycles. The van der Waals surface area contributed by atoms with Gasteiger partial charge in [0.1, 0.15) is 11.6 Å². The van der Waals surface area contributed by atoms with Crippen LogP contribution in [0.4, 0.5) is 5.82 Å². The second kappa shape index (κ2) is 6.54. The summed E-state index contributed by atoms with van der Waals surface area (Å²) in [5, 5.41) is 11.4. The summed E-state index contributed by atoms with van der Waals surface area (Å²) in [7, 11) is 0. The predicted octanol–water partition coefficient (Wildman–Crippen LogP) is 2.58. The Hall–Kier alpha value is -1.46. The zero-order valence-electron chi connectivity index (χ0n) is 12.6. The number of anilines is 1. The third kappa shape index (κ3) is 3.60. The second-order valence-electron chi connectivity index (χ2n) is 5.68. The molecule has 3 rings (SSSR count). The number of fused-ring (bicyclic) bond motifs is 1. The monoisotopic (exact) mass is 302 g/mol. The normalized spacial score (nSPS) is 16.1. The molecule has 21 heavy (non-hydrogen) atoms. The van der Waals surface area contributed by atoms with Crippen molar-refractivity contribution in [1.29, 1.82) is 0 Å². The highest BCUT2D eigenvalue weighted by molar-refractivity contribution is 7.07. The van der Waals surface area contributed by atoms with Gasteiger partial charge in [-0.1, -0.05) is 0 Å². The van der Waals surface area contributed by atoms with E-state index < -0.39 is 0 Å². The average molecular weight is 302 g/mol. The maximum absolute atomic E-state index is 4.65. The van der Waals surface area contributed by atoms with Crippen LogP contribution in [-0.2, 0) is 19.3 Å². The lowest BCUT2D eigenvalue weighted by molar-refractivity contribution is 0.708. The number of hydrogen-bond donors (Lipinski definition) is 2. The number of nitrogens with zero attached hydrogens (tertiary/aromatic N) is 2. The van der Waals surface area contributed by atoms with Crippen molar-refractivity contribution in [2.75, 3.05) is 18.4 Å². The van der Waals surface area contributed by atoms with Crippen LogP contribution >= 0.6 is 11.3 Å². The first kappa shape index (κ1) is 14.5. The Balaban J connectivity index is 1.79. The minimum absolute atomic E-state index is 0.370. The molecule has 0 saturated carbocycles. The van der Waals surface area contributed by atoms with Gasteiger partial charge in [-0.25, -0.2) is 9.97 Å². The molecule has 2 aromatic heterocycles. The van der Waals surface area contributed by atoms with Gasteiger partial charge in [-0.3, -0.25) is 0 Å². The molecule has 1 atom stereocenters. The SMILES string of the molecule is Cc1nc2c(c(NC(C)Cc3ccsc3)n1)CCNCC2. The Kier molecular flexibility index (Phi) is 4.51. The molecule has 0 radical (unpaired) electrons. The van der Waals surface area contributed by atoms with Gasteiger partial charge in [0.2, 0.25) is 0 Å². The maximum Gasteiger partial charge on any atom is 0.133 e. The quantitative estimate of drug-likeness (QED) is 0.911. The van der Waals surface area contributed by atoms with Gasteiger partial charge < -0.3 is 10.6 Å². The van der Waals surface area contributed by atoms with Crippen LogP contribution in [0.1, 0.15) is 29.6 Å². The lowest BCUT2D eigenvalue weighted by atomic mass is 10.1. The summed E-state index contributed by atoms with van der Waals surface area (Å²) < 4.78 is 0. The van der Waals surface area contributed by atoms with E-state index in [1.54, 1.807) is 11.3 Å². The third-order valence-electron chi connectivity index (χ3n) is 3.80. The van der Waals surface area contributed by atoms with E-state index in [1.165, 1.54) is 16.8 Å². The number of aromatic nitrogens is 2. The summed E-state index contributed by atoms with van der Waals surface area (Å²) in [6.45, 7) is 6.21. The van der Waals surface area contributed by atoms with Crippen molar-refractivity contribution in [2.24, 2.45) is 0 Å². The molecular formula is C16H22N4S. The smallest absolute Gasteiger partial charge is 0.133 e. The molecule has 3 heterocycles. The van der Waals surface area contributed by atoms with Crippen LogP contribution in [-0.4, -0.2) is 29.1 Å². The first-order valence-corrected chi connectivity index (χ1v) is 8.51. The predicted molar refractivity (Wildman–Crippen MR) is 88.2 cm³/mol. The number of nitrogens with one attached hydrogen (secondary N) is 2. The van der Waals surface area contributed by atoms with Crippen molar-refractivity contribution in [3.05, 3.63) is 39.5 Å². The molecule has 0 fully saturated rings. The second-order valence-corrected chi connectivity index (χ2v) is 6.46. The highest BCUT2D eigenvalue weighted by Gasteiger charge is 2.17. The fourth-order valence-electron chi connectivity index (χ4n) is 2.83. The molecule has 0 spiro atoms. The molecule has 1 aliphatic heterocycles. The number of rotatable bonds is 4. The first-order valence-electron chi connectivity index (χ1n) is 7.57. The van der Waals surface area contributed by atoms with E-state index in [-0.39, 0.29) is 0 Å². The van der Waals surface area contributed by atoms with Gasteiger partial charge in [0.05, 0.1) is 5.69 Å². The Morgan fingerprint density at radius 3 is 3.00 bits per heavy atom. The minimum atomic E-state index is 0.370. The van der Waals surface area contributed by atoms with Crippen molar-refractivity contribution in [1.82, 2.24) is 15.3 Å². The summed E-state index contributed by atoms with van der Waals surface area (Å²) in [4.78, 5) is 9.28. The molecule has 0 aromatic carbocycles. The van der Waals surface area contributed by atoms with Gasteiger partial charge in [-0.05, 0) is 55.6 Å². The van der Waals surface area contributed by atoms with Gasteiger partial charge in [-0.15, -0.1) is 0 Å². The Morgan fingerprint density at radius 2 is 2.19 bits per heavy atom. The van der Waals surface area contributed by atoms with Gasteiger partial charge in [0.15, 0.2) is 0 Å². The summed E-state index contributed by atoms with van der Waals surface area (Å²) in [5.41, 5.74) is 3.89. The van der Waals surface area contributed by atoms with Gasteiger partial charge in [-0.2, -0.15) is 11.3 Å². The number of thiophene rings is 1. The summed E-state index contributed by atoms with van der Waals surface area (Å²) in [5.74, 6) is 1.89. The molecule has 1 aliphatic rings. The van der Waals surface area contributed by atoms with Crippen LogP contribution < -0.4 is 10.6 Å². The molecule has 4 nitrogen and oxygen atoms in total. The standard InChI is InChI=1S/C16H22N4S/c1-11(9-13-5-8-21-10-13)18-16-14-3-6-17-7-4-15(14)19-12(2)20-16/h5,8,10-11,17H,3-4,6-7,9H2,1-2H3,(H,18,19,20). The lowest BCUT2D eigenvalue weighted by Gasteiger charge is -2.18. The van der Waals surface area contributed by atoms with Gasteiger partial charge in [0.25, 0.3) is 0 Å². The maximum atomic E-state index is 4.65. The van der Waals surface area contributed by atoms with Crippen LogP contribution in [0, 0.1) is 6.92 Å². The van der Waals surface area contributed by atoms with E-state index in [1.807, 2.05) is 6.92 Å². The molecule has 5 heteroatoms. The number of hydrogen-bond acceptors (Lipinski definition) is 5. The van der Waals surface area contributed by atoms with Crippen molar-refractivity contribution in [2.45, 2.75) is 39.2 Å². The molecule has 0 amide bonds. The lowest BCUT2D eigenvalue weighted by Crippen LogP contribution is -2.21. The van der Waals surface area contributed by atoms with E-state index in [9.17, 15) is 0 Å². The Bertz CT molecular complexity index is 595. The largest absolute Gasteiger partial charge is 0.367 e. The van der Waals surface area contributed by atoms with Crippen LogP contribution in [0.5, 0.6) is 0 Å². The fraction of sp³-hybridized carbons (Fsp3) is 0.500. The number of aryl methyl sites for hydroxylation is 1. The molecule has 1 unspecified atom stereocenters. The Labute approximate surface area is 130 Å². The van der Waals surface area contributed by atoms with Crippen molar-refractivity contribution in [3.8, 4) is 0 Å². The molecule has 2 aromatic rings. The van der Waals surface area contributed by atoms with Gasteiger partial charge in [0, 0.05) is 24.6 Å². The topological polar surface area (TPSA) is 49.8 Å². The van der Waals surface area contributed by atoms with E-state index in [4.69, 9.17) is 0 Å². The van der Waals surface area contributed by atoms with E-state index >= 15 is 0 Å². The van der Waals surface area contributed by atoms with Crippen molar-refractivity contribution >= 4 is 17.2 Å². The molecule has 0 aliphatic carbocycles. The third-order valence-corrected chi connectivity index (χ3v) is 4.53. The first-order chi connectivity index (χ1) is 10.2. The van der Waals surface area contributed by atoms with E-state index in [0.717, 1.165) is 44.0 Å². The fourth-order valence-corrected chi connectivity index (χ4v) is 3.52.